The van der Waals surface area contributed by atoms with Crippen molar-refractivity contribution in [2.45, 2.75) is 9.79 Å². The van der Waals surface area contributed by atoms with Gasteiger partial charge >= 0.3 is 87.4 Å². The molecule has 4 N–H and O–H groups in total. The van der Waals surface area contributed by atoms with Crippen LogP contribution in [0, 0.1) is 0 Å². The van der Waals surface area contributed by atoms with Gasteiger partial charge in [0.05, 0.1) is 11.1 Å². The van der Waals surface area contributed by atoms with Crippen molar-refractivity contribution in [1.29, 1.82) is 0 Å². The van der Waals surface area contributed by atoms with Gasteiger partial charge in [0.1, 0.15) is 9.79 Å². The average Bonchev–Trinajstić information content (AvgIpc) is 2.41. The van der Waals surface area contributed by atoms with Crippen molar-refractivity contribution in [3.05, 3.63) is 35.4 Å². The van der Waals surface area contributed by atoms with Crippen molar-refractivity contribution in [2.24, 2.45) is 0 Å². The Morgan fingerprint density at radius 1 is 0.679 bits per heavy atom. The van der Waals surface area contributed by atoms with Crippen LogP contribution in [-0.4, -0.2) is 48.1 Å². The summed E-state index contributed by atoms with van der Waals surface area (Å²) in [5.74, 6) is -3.98. The number of carboxylic acid groups (broad SMARTS) is 2. The summed E-state index contributed by atoms with van der Waals surface area (Å²) in [5, 5.41) is 17.4. The molecule has 0 aromatic heterocycles. The van der Waals surface area contributed by atoms with E-state index in [1.54, 1.807) is 0 Å². The van der Waals surface area contributed by atoms with Crippen LogP contribution in [0.2, 0.25) is 0 Å². The van der Waals surface area contributed by atoms with Crippen LogP contribution in [0.3, 0.4) is 0 Å². The summed E-state index contributed by atoms with van der Waals surface area (Å²) >= 11 is 0. The fourth-order valence-electron chi connectivity index (χ4n) is 2.31. The Balaban J connectivity index is -0.000000156. The molecule has 2 aromatic carbocycles. The van der Waals surface area contributed by atoms with Crippen molar-refractivity contribution in [3.63, 3.8) is 0 Å². The molecule has 28 heavy (non-hydrogen) atoms. The molecule has 0 amide bonds. The SMILES string of the molecule is O=C(O)c1c(S(=O)(=O)O)c(S(=O)(=O)O)c2ccccc2c1C(=O)O.[H-].[H-].[H-].[H-].[Li+].[Li+].[Li+].[Li+]. The van der Waals surface area contributed by atoms with Gasteiger partial charge in [-0.3, -0.25) is 9.11 Å². The second-order valence-corrected chi connectivity index (χ2v) is 7.23. The third-order valence-electron chi connectivity index (χ3n) is 3.07. The number of hydrogen-bond donors (Lipinski definition) is 4. The summed E-state index contributed by atoms with van der Waals surface area (Å²) in [7, 11) is -10.9. The maximum Gasteiger partial charge on any atom is 1.00 e. The van der Waals surface area contributed by atoms with Gasteiger partial charge in [-0.2, -0.15) is 16.8 Å². The molecular formula is C12H12Li4O10S2. The molecule has 2 aromatic rings. The number of hydrogen-bond acceptors (Lipinski definition) is 6. The molecule has 0 bridgehead atoms. The van der Waals surface area contributed by atoms with Crippen molar-refractivity contribution in [2.75, 3.05) is 0 Å². The van der Waals surface area contributed by atoms with Crippen LogP contribution in [0.5, 0.6) is 0 Å². The fraction of sp³-hybridized carbons (Fsp3) is 0. The first kappa shape index (κ1) is 32.5. The Morgan fingerprint density at radius 3 is 1.36 bits per heavy atom. The van der Waals surface area contributed by atoms with E-state index in [2.05, 4.69) is 0 Å². The number of carboxylic acids is 2. The molecule has 0 heterocycles. The van der Waals surface area contributed by atoms with Gasteiger partial charge in [-0.25, -0.2) is 9.59 Å². The summed E-state index contributed by atoms with van der Waals surface area (Å²) in [6.07, 6.45) is 0. The van der Waals surface area contributed by atoms with Crippen LogP contribution in [0.25, 0.3) is 10.8 Å². The minimum absolute atomic E-state index is 0. The Kier molecular flexibility index (Phi) is 13.1. The van der Waals surface area contributed by atoms with Gasteiger partial charge in [-0.05, 0) is 5.39 Å². The largest absolute Gasteiger partial charge is 1.00 e. The molecule has 0 fully saturated rings. The smallest absolute Gasteiger partial charge is 1.00 e. The molecule has 0 aliphatic carbocycles. The van der Waals surface area contributed by atoms with Crippen molar-refractivity contribution >= 4 is 42.9 Å². The van der Waals surface area contributed by atoms with E-state index in [4.69, 9.17) is 0 Å². The molecule has 16 heteroatoms. The van der Waals surface area contributed by atoms with Crippen LogP contribution >= 0.6 is 0 Å². The molecule has 0 aliphatic rings. The minimum Gasteiger partial charge on any atom is -1.00 e. The van der Waals surface area contributed by atoms with E-state index < -0.39 is 63.9 Å². The van der Waals surface area contributed by atoms with E-state index in [9.17, 15) is 45.7 Å². The molecule has 0 radical (unpaired) electrons. The van der Waals surface area contributed by atoms with E-state index >= 15 is 0 Å². The molecule has 0 atom stereocenters. The van der Waals surface area contributed by atoms with Gasteiger partial charge in [0, 0.05) is 5.39 Å². The van der Waals surface area contributed by atoms with Gasteiger partial charge in [0.25, 0.3) is 20.2 Å². The van der Waals surface area contributed by atoms with Crippen LogP contribution in [0.15, 0.2) is 34.1 Å². The predicted octanol–water partition coefficient (Wildman–Crippen LogP) is -10.8. The minimum atomic E-state index is -5.52. The molecule has 0 unspecified atom stereocenters. The van der Waals surface area contributed by atoms with Crippen LogP contribution in [-0.2, 0) is 20.2 Å². The number of carbonyl (C=O) groups is 2. The molecule has 0 spiro atoms. The number of benzene rings is 2. The molecule has 0 saturated heterocycles. The second-order valence-electron chi connectivity index (χ2n) is 4.51. The molecule has 0 aliphatic heterocycles. The predicted molar refractivity (Wildman–Crippen MR) is 81.9 cm³/mol. The van der Waals surface area contributed by atoms with E-state index in [1.807, 2.05) is 0 Å². The molecule has 2 rings (SSSR count). The number of rotatable bonds is 4. The maximum atomic E-state index is 11.6. The van der Waals surface area contributed by atoms with Gasteiger partial charge in [0.2, 0.25) is 0 Å². The molecule has 10 nitrogen and oxygen atoms in total. The summed E-state index contributed by atoms with van der Waals surface area (Å²) in [5.41, 5.74) is -2.52. The first-order valence-electron chi connectivity index (χ1n) is 5.87. The normalized spacial score (nSPS) is 10.5. The van der Waals surface area contributed by atoms with E-state index in [1.165, 1.54) is 12.1 Å². The van der Waals surface area contributed by atoms with Gasteiger partial charge < -0.3 is 15.9 Å². The quantitative estimate of drug-likeness (QED) is 0.280. The van der Waals surface area contributed by atoms with E-state index in [0.29, 0.717) is 0 Å². The monoisotopic (exact) mass is 408 g/mol. The third-order valence-corrected chi connectivity index (χ3v) is 5.06. The topological polar surface area (TPSA) is 183 Å². The van der Waals surface area contributed by atoms with Crippen molar-refractivity contribution in [3.8, 4) is 0 Å². The fourth-order valence-corrected chi connectivity index (χ4v) is 4.53. The standard InChI is InChI=1S/C12H8O10S2.4Li.4H/c13-11(14)7-5-3-1-2-4-6(5)9(23(17,18)19)10(24(20,21)22)8(7)12(15)16;;;;;;;;/h1-4H,(H,13,14)(H,15,16)(H,17,18,19)(H,20,21,22);;;;;;;;/q;4*+1;4*-1. The van der Waals surface area contributed by atoms with Crippen molar-refractivity contribution in [1.82, 2.24) is 0 Å². The van der Waals surface area contributed by atoms with E-state index in [-0.39, 0.29) is 81.1 Å². The average molecular weight is 408 g/mol. The zero-order chi connectivity index (χ0) is 18.4. The van der Waals surface area contributed by atoms with Crippen LogP contribution < -0.4 is 75.4 Å². The third kappa shape index (κ3) is 6.17. The molecular weight excluding hydrogens is 396 g/mol. The summed E-state index contributed by atoms with van der Waals surface area (Å²) in [6.45, 7) is 0. The first-order chi connectivity index (χ1) is 10.9. The molecule has 0 saturated carbocycles. The summed E-state index contributed by atoms with van der Waals surface area (Å²) < 4.78 is 64.9. The summed E-state index contributed by atoms with van der Waals surface area (Å²) in [6, 6.07) is 4.46. The summed E-state index contributed by atoms with van der Waals surface area (Å²) in [4.78, 5) is 19.7. The Morgan fingerprint density at radius 2 is 1.04 bits per heavy atom. The number of fused-ring (bicyclic) bond motifs is 1. The van der Waals surface area contributed by atoms with Crippen molar-refractivity contribution < 1.29 is 127 Å². The van der Waals surface area contributed by atoms with Gasteiger partial charge in [0.15, 0.2) is 0 Å². The maximum absolute atomic E-state index is 11.6. The van der Waals surface area contributed by atoms with E-state index in [0.717, 1.165) is 12.1 Å². The molecule has 136 valence electrons. The Hall–Kier alpha value is -0.150. The zero-order valence-corrected chi connectivity index (χ0v) is 17.0. The first-order valence-corrected chi connectivity index (χ1v) is 8.75. The second kappa shape index (κ2) is 11.3. The Labute approximate surface area is 213 Å². The van der Waals surface area contributed by atoms with Crippen LogP contribution in [0.4, 0.5) is 0 Å². The Bertz CT molecular complexity index is 1130. The zero-order valence-electron chi connectivity index (χ0n) is 19.4. The van der Waals surface area contributed by atoms with Gasteiger partial charge in [-0.15, -0.1) is 0 Å². The van der Waals surface area contributed by atoms with Crippen LogP contribution in [0.1, 0.15) is 26.4 Å². The van der Waals surface area contributed by atoms with Gasteiger partial charge in [-0.1, -0.05) is 24.3 Å². The number of aromatic carboxylic acids is 2.